The zero-order valence-electron chi connectivity index (χ0n) is 18.0. The molecule has 0 spiro atoms. The first-order valence-corrected chi connectivity index (χ1v) is 10.2. The van der Waals surface area contributed by atoms with Gasteiger partial charge in [-0.05, 0) is 42.0 Å². The van der Waals surface area contributed by atoms with Crippen LogP contribution in [0.2, 0.25) is 0 Å². The summed E-state index contributed by atoms with van der Waals surface area (Å²) in [6, 6.07) is 16.3. The Hall–Kier alpha value is -4.27. The number of rotatable bonds is 6. The predicted molar refractivity (Wildman–Crippen MR) is 119 cm³/mol. The molecule has 4 aromatic rings. The second-order valence-electron chi connectivity index (χ2n) is 7.40. The number of nitrogens with zero attached hydrogens (tertiary/aromatic N) is 3. The molecule has 34 heavy (non-hydrogen) atoms. The van der Waals surface area contributed by atoms with E-state index in [0.29, 0.717) is 11.3 Å². The summed E-state index contributed by atoms with van der Waals surface area (Å²) < 4.78 is 48.9. The number of methoxy groups -OCH3 is 1. The van der Waals surface area contributed by atoms with Gasteiger partial charge < -0.3 is 4.74 Å². The van der Waals surface area contributed by atoms with Gasteiger partial charge in [0, 0.05) is 35.6 Å². The number of ether oxygens (including phenoxy) is 1. The van der Waals surface area contributed by atoms with Crippen LogP contribution in [-0.4, -0.2) is 28.2 Å². The van der Waals surface area contributed by atoms with E-state index < -0.39 is 29.2 Å². The largest absolute Gasteiger partial charge is 0.453 e. The second kappa shape index (κ2) is 9.70. The quantitative estimate of drug-likeness (QED) is 0.405. The average molecular weight is 464 g/mol. The Balaban J connectivity index is 1.99. The lowest BCUT2D eigenvalue weighted by molar-refractivity contribution is 0.187. The van der Waals surface area contributed by atoms with Crippen LogP contribution in [0.1, 0.15) is 22.4 Å². The van der Waals surface area contributed by atoms with Crippen LogP contribution in [0.15, 0.2) is 79.1 Å². The Kier molecular flexibility index (Phi) is 6.53. The van der Waals surface area contributed by atoms with Crippen molar-refractivity contribution >= 4 is 11.9 Å². The third-order valence-electron chi connectivity index (χ3n) is 5.44. The first-order valence-electron chi connectivity index (χ1n) is 10.2. The van der Waals surface area contributed by atoms with Gasteiger partial charge in [0.15, 0.2) is 0 Å². The Labute approximate surface area is 193 Å². The highest BCUT2D eigenvalue weighted by atomic mass is 19.1. The van der Waals surface area contributed by atoms with E-state index in [1.807, 2.05) is 0 Å². The summed E-state index contributed by atoms with van der Waals surface area (Å²) >= 11 is 0. The van der Waals surface area contributed by atoms with Gasteiger partial charge in [0.05, 0.1) is 12.5 Å². The molecule has 0 aliphatic rings. The molecular weight excluding hydrogens is 445 g/mol. The summed E-state index contributed by atoms with van der Waals surface area (Å²) in [6.07, 6.45) is 1.80. The smallest absolute Gasteiger partial charge is 0.412 e. The van der Waals surface area contributed by atoms with Crippen molar-refractivity contribution in [2.45, 2.75) is 11.8 Å². The van der Waals surface area contributed by atoms with E-state index in [4.69, 9.17) is 0 Å². The zero-order valence-corrected chi connectivity index (χ0v) is 18.0. The maximum atomic E-state index is 15.2. The number of hydrogen-bond acceptors (Lipinski definition) is 5. The van der Waals surface area contributed by atoms with Crippen molar-refractivity contribution in [3.05, 3.63) is 119 Å². The van der Waals surface area contributed by atoms with Crippen molar-refractivity contribution in [1.29, 1.82) is 0 Å². The molecule has 3 heterocycles. The minimum absolute atomic E-state index is 0.0550. The van der Waals surface area contributed by atoms with Crippen LogP contribution in [0.4, 0.5) is 23.8 Å². The van der Waals surface area contributed by atoms with Gasteiger partial charge in [0.1, 0.15) is 11.6 Å². The molecular formula is C25H19F3N4O2. The van der Waals surface area contributed by atoms with Gasteiger partial charge in [-0.15, -0.1) is 0 Å². The molecule has 0 saturated carbocycles. The van der Waals surface area contributed by atoms with E-state index in [9.17, 15) is 9.18 Å². The fraction of sp³-hybridized carbons (Fsp3) is 0.120. The van der Waals surface area contributed by atoms with Crippen molar-refractivity contribution in [1.82, 2.24) is 15.0 Å². The van der Waals surface area contributed by atoms with Crippen LogP contribution in [-0.2, 0) is 16.6 Å². The summed E-state index contributed by atoms with van der Waals surface area (Å²) in [5.74, 6) is -1.95. The summed E-state index contributed by atoms with van der Waals surface area (Å²) in [6.45, 7) is 0. The van der Waals surface area contributed by atoms with Crippen LogP contribution in [0.3, 0.4) is 0 Å². The number of carbonyl (C=O) groups is 1. The standard InChI is InChI=1S/C25H19F3N4O2/c1-34-24(33)32-21-8-2-5-18(31-21)15-25(16-9-11-17(26)12-10-16,19-6-3-13-29-22(19)27)20-7-4-14-30-23(20)28/h2-14H,15H2,1H3,(H,31,32,33). The molecule has 6 nitrogen and oxygen atoms in total. The molecule has 1 aromatic carbocycles. The number of amides is 1. The van der Waals surface area contributed by atoms with Gasteiger partial charge in [0.2, 0.25) is 11.9 Å². The molecule has 0 atom stereocenters. The van der Waals surface area contributed by atoms with Crippen molar-refractivity contribution in [2.24, 2.45) is 0 Å². The number of pyridine rings is 3. The van der Waals surface area contributed by atoms with Gasteiger partial charge in [-0.3, -0.25) is 5.32 Å². The molecule has 0 fully saturated rings. The highest BCUT2D eigenvalue weighted by molar-refractivity contribution is 5.83. The lowest BCUT2D eigenvalue weighted by atomic mass is 9.67. The third kappa shape index (κ3) is 4.45. The van der Waals surface area contributed by atoms with E-state index in [-0.39, 0.29) is 23.4 Å². The van der Waals surface area contributed by atoms with E-state index in [1.54, 1.807) is 18.2 Å². The van der Waals surface area contributed by atoms with Crippen molar-refractivity contribution in [3.63, 3.8) is 0 Å². The van der Waals surface area contributed by atoms with Crippen LogP contribution in [0, 0.1) is 17.7 Å². The number of aromatic nitrogens is 3. The van der Waals surface area contributed by atoms with Crippen LogP contribution < -0.4 is 5.32 Å². The molecule has 4 rings (SSSR count). The normalized spacial score (nSPS) is 11.2. The number of hydrogen-bond donors (Lipinski definition) is 1. The Morgan fingerprint density at radius 1 is 0.882 bits per heavy atom. The SMILES string of the molecule is COC(=O)Nc1cccc(CC(c2ccc(F)cc2)(c2cccnc2F)c2cccnc2F)n1. The Bertz CT molecular complexity index is 1270. The number of anilines is 1. The molecule has 0 unspecified atom stereocenters. The molecule has 0 radical (unpaired) electrons. The van der Waals surface area contributed by atoms with E-state index in [1.165, 1.54) is 68.0 Å². The molecule has 0 aliphatic carbocycles. The molecule has 172 valence electrons. The first kappa shape index (κ1) is 22.9. The van der Waals surface area contributed by atoms with Crippen molar-refractivity contribution < 1.29 is 22.7 Å². The summed E-state index contributed by atoms with van der Waals surface area (Å²) in [4.78, 5) is 23.6. The molecule has 0 aliphatic heterocycles. The lowest BCUT2D eigenvalue weighted by Crippen LogP contribution is -2.35. The number of nitrogens with one attached hydrogen (secondary N) is 1. The lowest BCUT2D eigenvalue weighted by Gasteiger charge is -2.35. The van der Waals surface area contributed by atoms with Gasteiger partial charge in [-0.2, -0.15) is 8.78 Å². The summed E-state index contributed by atoms with van der Waals surface area (Å²) in [5, 5.41) is 2.47. The molecule has 9 heteroatoms. The van der Waals surface area contributed by atoms with Crippen LogP contribution >= 0.6 is 0 Å². The van der Waals surface area contributed by atoms with Gasteiger partial charge >= 0.3 is 6.09 Å². The number of halogens is 3. The molecule has 0 bridgehead atoms. The Morgan fingerprint density at radius 3 is 2.06 bits per heavy atom. The maximum absolute atomic E-state index is 15.2. The van der Waals surface area contributed by atoms with Crippen LogP contribution in [0.25, 0.3) is 0 Å². The highest BCUT2D eigenvalue weighted by Crippen LogP contribution is 2.43. The van der Waals surface area contributed by atoms with Crippen LogP contribution in [0.5, 0.6) is 0 Å². The second-order valence-corrected chi connectivity index (χ2v) is 7.40. The summed E-state index contributed by atoms with van der Waals surface area (Å²) in [7, 11) is 1.22. The van der Waals surface area contributed by atoms with Gasteiger partial charge in [-0.1, -0.05) is 30.3 Å². The fourth-order valence-electron chi connectivity index (χ4n) is 3.97. The maximum Gasteiger partial charge on any atom is 0.412 e. The topological polar surface area (TPSA) is 77.0 Å². The predicted octanol–water partition coefficient (Wildman–Crippen LogP) is 5.04. The zero-order chi connectivity index (χ0) is 24.1. The molecule has 3 aromatic heterocycles. The minimum atomic E-state index is -1.51. The molecule has 1 N–H and O–H groups in total. The average Bonchev–Trinajstić information content (AvgIpc) is 2.84. The minimum Gasteiger partial charge on any atom is -0.453 e. The molecule has 1 amide bonds. The van der Waals surface area contributed by atoms with E-state index in [2.05, 4.69) is 25.0 Å². The molecule has 0 saturated heterocycles. The van der Waals surface area contributed by atoms with E-state index >= 15 is 8.78 Å². The van der Waals surface area contributed by atoms with Gasteiger partial charge in [0.25, 0.3) is 0 Å². The summed E-state index contributed by atoms with van der Waals surface area (Å²) in [5.41, 5.74) is -0.602. The monoisotopic (exact) mass is 464 g/mol. The fourth-order valence-corrected chi connectivity index (χ4v) is 3.97. The highest BCUT2D eigenvalue weighted by Gasteiger charge is 2.42. The first-order chi connectivity index (χ1) is 16.4. The number of benzene rings is 1. The third-order valence-corrected chi connectivity index (χ3v) is 5.44. The van der Waals surface area contributed by atoms with Gasteiger partial charge in [-0.25, -0.2) is 24.1 Å². The number of carbonyl (C=O) groups excluding carboxylic acids is 1. The Morgan fingerprint density at radius 2 is 1.50 bits per heavy atom. The van der Waals surface area contributed by atoms with Crippen molar-refractivity contribution in [2.75, 3.05) is 12.4 Å². The van der Waals surface area contributed by atoms with E-state index in [0.717, 1.165) is 0 Å². The van der Waals surface area contributed by atoms with Crippen molar-refractivity contribution in [3.8, 4) is 0 Å².